The number of anilines is 4. The van der Waals surface area contributed by atoms with E-state index in [2.05, 4.69) is 41.9 Å². The van der Waals surface area contributed by atoms with Crippen molar-refractivity contribution in [3.63, 3.8) is 0 Å². The van der Waals surface area contributed by atoms with Crippen LogP contribution in [0, 0.1) is 0 Å². The van der Waals surface area contributed by atoms with E-state index in [0.717, 1.165) is 42.1 Å². The molecule has 0 saturated carbocycles. The molecule has 0 fully saturated rings. The molecule has 11 heteroatoms. The molecule has 40 heavy (non-hydrogen) atoms. The van der Waals surface area contributed by atoms with Gasteiger partial charge in [0.15, 0.2) is 0 Å². The fourth-order valence-electron chi connectivity index (χ4n) is 4.28. The fourth-order valence-corrected chi connectivity index (χ4v) is 4.28. The van der Waals surface area contributed by atoms with Gasteiger partial charge in [-0.3, -0.25) is 14.8 Å². The number of rotatable bonds is 7. The first-order valence-corrected chi connectivity index (χ1v) is 12.8. The van der Waals surface area contributed by atoms with Crippen LogP contribution in [0.5, 0.6) is 0 Å². The third-order valence-corrected chi connectivity index (χ3v) is 6.20. The molecule has 1 heterocycles. The van der Waals surface area contributed by atoms with Crippen LogP contribution in [0.3, 0.4) is 0 Å². The summed E-state index contributed by atoms with van der Waals surface area (Å²) in [6, 6.07) is 18.3. The van der Waals surface area contributed by atoms with Gasteiger partial charge in [0.25, 0.3) is 5.91 Å². The van der Waals surface area contributed by atoms with Crippen LogP contribution in [0.25, 0.3) is 0 Å². The highest BCUT2D eigenvalue weighted by Gasteiger charge is 2.16. The minimum Gasteiger partial charge on any atom is -0.373 e. The maximum Gasteiger partial charge on any atom is 0.323 e. The Labute approximate surface area is 232 Å². The van der Waals surface area contributed by atoms with Crippen LogP contribution >= 0.6 is 0 Å². The number of carbonyl (C=O) groups is 3. The summed E-state index contributed by atoms with van der Waals surface area (Å²) >= 11 is 0. The van der Waals surface area contributed by atoms with Crippen molar-refractivity contribution in [2.24, 2.45) is 9.98 Å². The molecule has 5 amide bonds. The number of hydrogen-bond acceptors (Lipinski definition) is 5. The zero-order chi connectivity index (χ0) is 28.5. The van der Waals surface area contributed by atoms with Gasteiger partial charge >= 0.3 is 12.1 Å². The normalized spacial score (nSPS) is 12.7. The quantitative estimate of drug-likeness (QED) is 0.193. The molecular weight excluding hydrogens is 508 g/mol. The summed E-state index contributed by atoms with van der Waals surface area (Å²) in [4.78, 5) is 46.6. The lowest BCUT2D eigenvalue weighted by Crippen LogP contribution is -2.25. The topological polar surface area (TPSA) is 148 Å². The van der Waals surface area contributed by atoms with E-state index < -0.39 is 12.1 Å². The minimum atomic E-state index is -0.533. The largest absolute Gasteiger partial charge is 0.373 e. The van der Waals surface area contributed by atoms with Gasteiger partial charge in [0.1, 0.15) is 5.84 Å². The van der Waals surface area contributed by atoms with Crippen LogP contribution in [0.4, 0.5) is 32.3 Å². The van der Waals surface area contributed by atoms with E-state index >= 15 is 0 Å². The number of benzene rings is 3. The van der Waals surface area contributed by atoms with Crippen LogP contribution < -0.4 is 31.9 Å². The van der Waals surface area contributed by atoms with E-state index in [1.807, 2.05) is 30.3 Å². The second-order valence-corrected chi connectivity index (χ2v) is 8.91. The smallest absolute Gasteiger partial charge is 0.323 e. The lowest BCUT2D eigenvalue weighted by Gasteiger charge is -2.14. The van der Waals surface area contributed by atoms with Gasteiger partial charge in [-0.05, 0) is 73.0 Å². The zero-order valence-electron chi connectivity index (χ0n) is 22.6. The average Bonchev–Trinajstić information content (AvgIpc) is 3.50. The van der Waals surface area contributed by atoms with Crippen molar-refractivity contribution in [3.05, 3.63) is 83.4 Å². The van der Waals surface area contributed by atoms with Crippen molar-refractivity contribution in [2.75, 3.05) is 49.0 Å². The molecule has 0 spiro atoms. The van der Waals surface area contributed by atoms with Gasteiger partial charge in [0.05, 0.1) is 11.3 Å². The summed E-state index contributed by atoms with van der Waals surface area (Å²) < 4.78 is 0. The Morgan fingerprint density at radius 2 is 1.45 bits per heavy atom. The Hall–Kier alpha value is -5.19. The first-order chi connectivity index (χ1) is 19.4. The molecule has 0 atom stereocenters. The van der Waals surface area contributed by atoms with E-state index in [-0.39, 0.29) is 17.2 Å². The Balaban J connectivity index is 1.45. The fraction of sp³-hybridized carbons (Fsp3) is 0.207. The highest BCUT2D eigenvalue weighted by molar-refractivity contribution is 6.09. The molecule has 3 aromatic carbocycles. The Kier molecular flexibility index (Phi) is 9.08. The second-order valence-electron chi connectivity index (χ2n) is 8.91. The molecule has 4 rings (SSSR count). The van der Waals surface area contributed by atoms with Crippen LogP contribution in [0.1, 0.15) is 34.3 Å². The zero-order valence-corrected chi connectivity index (χ0v) is 22.6. The molecule has 0 unspecified atom stereocenters. The molecule has 1 aliphatic rings. The van der Waals surface area contributed by atoms with Crippen molar-refractivity contribution >= 4 is 52.3 Å². The van der Waals surface area contributed by atoms with E-state index in [1.54, 1.807) is 38.4 Å². The maximum absolute atomic E-state index is 12.9. The van der Waals surface area contributed by atoms with Gasteiger partial charge in [0, 0.05) is 56.0 Å². The first-order valence-electron chi connectivity index (χ1n) is 12.8. The lowest BCUT2D eigenvalue weighted by atomic mass is 10.1. The molecular formula is C29H32N8O3. The number of hydrogen-bond donors (Lipinski definition) is 6. The van der Waals surface area contributed by atoms with Crippen LogP contribution in [0.2, 0.25) is 0 Å². The number of amidine groups is 1. The van der Waals surface area contributed by atoms with E-state index in [0.29, 0.717) is 17.1 Å². The first kappa shape index (κ1) is 27.8. The van der Waals surface area contributed by atoms with Crippen molar-refractivity contribution in [2.45, 2.75) is 12.8 Å². The highest BCUT2D eigenvalue weighted by Crippen LogP contribution is 2.23. The standard InChI is InChI=1S/C29H32N8O3/c1-30-26(31-2)18-9-11-20(12-10-18)34-28(39)36-22-13-14-23(27(38)32-3)25(17-22)37-29(40)35-21-7-4-6-19(16-21)24-8-5-15-33-24/h4,6-7,9-14,16-17H,5,8,15H2,1-3H3,(H,30,31)(H,32,38)(H2,34,36,39)(H2,35,37,40). The van der Waals surface area contributed by atoms with Crippen molar-refractivity contribution in [1.82, 2.24) is 10.6 Å². The van der Waals surface area contributed by atoms with Gasteiger partial charge < -0.3 is 31.9 Å². The lowest BCUT2D eigenvalue weighted by molar-refractivity contribution is 0.0964. The van der Waals surface area contributed by atoms with Gasteiger partial charge in [0.2, 0.25) is 0 Å². The summed E-state index contributed by atoms with van der Waals surface area (Å²) in [6.45, 7) is 0.816. The van der Waals surface area contributed by atoms with Gasteiger partial charge in [-0.15, -0.1) is 0 Å². The Morgan fingerprint density at radius 3 is 2.10 bits per heavy atom. The van der Waals surface area contributed by atoms with Crippen molar-refractivity contribution in [1.29, 1.82) is 0 Å². The summed E-state index contributed by atoms with van der Waals surface area (Å²) in [5.74, 6) is 0.344. The number of carbonyl (C=O) groups excluding carboxylic acids is 3. The number of amides is 5. The van der Waals surface area contributed by atoms with Crippen LogP contribution in [-0.2, 0) is 0 Å². The summed E-state index contributed by atoms with van der Waals surface area (Å²) in [6.07, 6.45) is 1.94. The second kappa shape index (κ2) is 13.1. The maximum atomic E-state index is 12.9. The summed E-state index contributed by atoms with van der Waals surface area (Å²) in [7, 11) is 4.98. The van der Waals surface area contributed by atoms with Crippen LogP contribution in [-0.4, -0.2) is 57.2 Å². The molecule has 11 nitrogen and oxygen atoms in total. The number of aliphatic imine (C=N–C) groups is 2. The molecule has 0 radical (unpaired) electrons. The van der Waals surface area contributed by atoms with Crippen molar-refractivity contribution < 1.29 is 14.4 Å². The van der Waals surface area contributed by atoms with E-state index in [1.165, 1.54) is 19.2 Å². The Morgan fingerprint density at radius 1 is 0.775 bits per heavy atom. The average molecular weight is 541 g/mol. The number of nitrogens with one attached hydrogen (secondary N) is 6. The molecule has 206 valence electrons. The summed E-state index contributed by atoms with van der Waals surface area (Å²) in [5.41, 5.74) is 4.91. The Bertz CT molecular complexity index is 1460. The summed E-state index contributed by atoms with van der Waals surface area (Å²) in [5, 5.41) is 16.6. The monoisotopic (exact) mass is 540 g/mol. The highest BCUT2D eigenvalue weighted by atomic mass is 16.2. The predicted molar refractivity (Wildman–Crippen MR) is 160 cm³/mol. The van der Waals surface area contributed by atoms with Crippen LogP contribution in [0.15, 0.2) is 76.7 Å². The minimum absolute atomic E-state index is 0.230. The number of nitrogens with zero attached hydrogens (tertiary/aromatic N) is 2. The molecule has 3 aromatic rings. The molecule has 0 bridgehead atoms. The van der Waals surface area contributed by atoms with E-state index in [9.17, 15) is 14.4 Å². The predicted octanol–water partition coefficient (Wildman–Crippen LogP) is 4.51. The van der Waals surface area contributed by atoms with Gasteiger partial charge in [-0.1, -0.05) is 12.1 Å². The third kappa shape index (κ3) is 7.01. The SMILES string of the molecule is CN=C(NC)c1ccc(NC(=O)Nc2ccc(C(=O)NC)c(NC(=O)Nc3cccc(C4=NCCC4)c3)c2)cc1. The molecule has 0 aromatic heterocycles. The number of urea groups is 2. The molecule has 0 saturated heterocycles. The molecule has 1 aliphatic heterocycles. The molecule has 6 N–H and O–H groups in total. The third-order valence-electron chi connectivity index (χ3n) is 6.20. The molecule has 0 aliphatic carbocycles. The van der Waals surface area contributed by atoms with Crippen molar-refractivity contribution in [3.8, 4) is 0 Å². The van der Waals surface area contributed by atoms with Gasteiger partial charge in [-0.2, -0.15) is 0 Å². The van der Waals surface area contributed by atoms with Gasteiger partial charge in [-0.25, -0.2) is 9.59 Å². The van der Waals surface area contributed by atoms with E-state index in [4.69, 9.17) is 0 Å².